The fraction of sp³-hybridized carbons (Fsp3) is 0.344. The number of nitrogens with one attached hydrogen (secondary N) is 1. The summed E-state index contributed by atoms with van der Waals surface area (Å²) in [7, 11) is -3.98. The van der Waals surface area contributed by atoms with Gasteiger partial charge in [0.25, 0.3) is 0 Å². The zero-order valence-corrected chi connectivity index (χ0v) is 25.1. The molecular weight excluding hydrogens is 579 g/mol. The Hall–Kier alpha value is -3.56. The largest absolute Gasteiger partial charge is 0.506 e. The number of phenolic OH excluding ortho intramolecular Hbond substituents is 1. The second-order valence-electron chi connectivity index (χ2n) is 11.5. The van der Waals surface area contributed by atoms with Crippen molar-refractivity contribution in [1.29, 1.82) is 0 Å². The van der Waals surface area contributed by atoms with Gasteiger partial charge >= 0.3 is 0 Å². The monoisotopic (exact) mass is 612 g/mol. The van der Waals surface area contributed by atoms with E-state index in [1.54, 1.807) is 18.2 Å². The van der Waals surface area contributed by atoms with Crippen LogP contribution in [-0.2, 0) is 21.2 Å². The number of amides is 1. The second-order valence-corrected chi connectivity index (χ2v) is 13.8. The van der Waals surface area contributed by atoms with Crippen molar-refractivity contribution < 1.29 is 27.4 Å². The molecule has 2 aliphatic rings. The SMILES string of the molecule is CC1(C)CC2=C(C(c3ccc(OCc4ccccc4)cc3F)N(C(=O)CCCCCl)c3cccc(O)c3N2)S(=O)(=O)C1. The number of para-hydroxylation sites is 1. The predicted molar refractivity (Wildman–Crippen MR) is 163 cm³/mol. The molecule has 0 bridgehead atoms. The molecule has 1 atom stereocenters. The van der Waals surface area contributed by atoms with Crippen LogP contribution in [0.3, 0.4) is 0 Å². The van der Waals surface area contributed by atoms with Crippen LogP contribution < -0.4 is 15.0 Å². The minimum Gasteiger partial charge on any atom is -0.506 e. The lowest BCUT2D eigenvalue weighted by atomic mass is 9.88. The molecular formula is C32H34ClFN2O5S. The number of ether oxygens (including phenoxy) is 1. The first kappa shape index (κ1) is 29.9. The van der Waals surface area contributed by atoms with E-state index in [2.05, 4.69) is 5.32 Å². The molecule has 0 aromatic heterocycles. The van der Waals surface area contributed by atoms with E-state index >= 15 is 4.39 Å². The number of unbranched alkanes of at least 4 members (excludes halogenated alkanes) is 1. The van der Waals surface area contributed by atoms with Gasteiger partial charge < -0.3 is 15.2 Å². The Labute approximate surface area is 250 Å². The van der Waals surface area contributed by atoms with Crippen molar-refractivity contribution in [3.63, 3.8) is 0 Å². The summed E-state index contributed by atoms with van der Waals surface area (Å²) in [5.74, 6) is -0.798. The van der Waals surface area contributed by atoms with Crippen LogP contribution in [0.5, 0.6) is 11.5 Å². The third-order valence-corrected chi connectivity index (χ3v) is 10.1. The molecule has 3 aromatic rings. The van der Waals surface area contributed by atoms with Crippen LogP contribution in [0.1, 0.15) is 56.7 Å². The van der Waals surface area contributed by atoms with E-state index in [1.165, 1.54) is 23.1 Å². The summed E-state index contributed by atoms with van der Waals surface area (Å²) in [6.45, 7) is 3.91. The third kappa shape index (κ3) is 6.13. The topological polar surface area (TPSA) is 95.9 Å². The van der Waals surface area contributed by atoms with E-state index in [-0.39, 0.29) is 52.1 Å². The fourth-order valence-corrected chi connectivity index (χ4v) is 8.26. The van der Waals surface area contributed by atoms with Gasteiger partial charge in [0.15, 0.2) is 9.84 Å². The zero-order valence-electron chi connectivity index (χ0n) is 23.6. The van der Waals surface area contributed by atoms with Crippen molar-refractivity contribution in [2.24, 2.45) is 5.41 Å². The number of nitrogens with zero attached hydrogens (tertiary/aromatic N) is 1. The molecule has 5 rings (SSSR count). The normalized spacial score (nSPS) is 18.9. The first-order valence-electron chi connectivity index (χ1n) is 13.9. The lowest BCUT2D eigenvalue weighted by Gasteiger charge is -2.37. The van der Waals surface area contributed by atoms with Gasteiger partial charge in [-0.3, -0.25) is 9.69 Å². The number of carbonyl (C=O) groups is 1. The highest BCUT2D eigenvalue weighted by Gasteiger charge is 2.47. The summed E-state index contributed by atoms with van der Waals surface area (Å²) in [6, 6.07) is 17.1. The quantitative estimate of drug-likeness (QED) is 0.160. The Bertz CT molecular complexity index is 1630. The molecule has 222 valence electrons. The number of alkyl halides is 1. The maximum atomic E-state index is 16.1. The zero-order chi connectivity index (χ0) is 30.1. The number of fused-ring (bicyclic) bond motifs is 1. The minimum atomic E-state index is -3.98. The summed E-state index contributed by atoms with van der Waals surface area (Å²) in [6.07, 6.45) is 1.43. The number of halogens is 2. The molecule has 0 saturated carbocycles. The number of anilines is 2. The maximum Gasteiger partial charge on any atom is 0.227 e. The summed E-state index contributed by atoms with van der Waals surface area (Å²) < 4.78 is 50.0. The second kappa shape index (κ2) is 12.0. The third-order valence-electron chi connectivity index (χ3n) is 7.49. The number of hydrogen-bond donors (Lipinski definition) is 2. The van der Waals surface area contributed by atoms with E-state index in [0.717, 1.165) is 5.56 Å². The van der Waals surface area contributed by atoms with E-state index in [0.29, 0.717) is 30.8 Å². The molecule has 2 N–H and O–H groups in total. The number of hydrogen-bond acceptors (Lipinski definition) is 6. The molecule has 3 aromatic carbocycles. The lowest BCUT2D eigenvalue weighted by molar-refractivity contribution is -0.119. The Morgan fingerprint density at radius 3 is 2.60 bits per heavy atom. The number of aromatic hydroxyl groups is 1. The van der Waals surface area contributed by atoms with Crippen LogP contribution in [-0.4, -0.2) is 31.1 Å². The highest BCUT2D eigenvalue weighted by atomic mass is 35.5. The van der Waals surface area contributed by atoms with E-state index < -0.39 is 33.0 Å². The van der Waals surface area contributed by atoms with Crippen LogP contribution in [0.15, 0.2) is 77.3 Å². The van der Waals surface area contributed by atoms with Gasteiger partial charge in [0, 0.05) is 29.6 Å². The van der Waals surface area contributed by atoms with Gasteiger partial charge in [-0.05, 0) is 54.5 Å². The number of allylic oxidation sites excluding steroid dienone is 1. The Morgan fingerprint density at radius 1 is 1.12 bits per heavy atom. The summed E-state index contributed by atoms with van der Waals surface area (Å²) in [5, 5.41) is 14.0. The molecule has 0 saturated heterocycles. The molecule has 42 heavy (non-hydrogen) atoms. The summed E-state index contributed by atoms with van der Waals surface area (Å²) in [5.41, 5.74) is 1.09. The Balaban J connectivity index is 1.67. The Morgan fingerprint density at radius 2 is 1.88 bits per heavy atom. The van der Waals surface area contributed by atoms with Crippen molar-refractivity contribution in [3.05, 3.63) is 94.3 Å². The molecule has 0 aliphatic carbocycles. The molecule has 1 amide bonds. The molecule has 0 radical (unpaired) electrons. The molecule has 2 aliphatic heterocycles. The van der Waals surface area contributed by atoms with E-state index in [1.807, 2.05) is 44.2 Å². The van der Waals surface area contributed by atoms with E-state index in [4.69, 9.17) is 16.3 Å². The number of phenols is 1. The van der Waals surface area contributed by atoms with Crippen LogP contribution in [0.4, 0.5) is 15.8 Å². The number of rotatable bonds is 8. The van der Waals surface area contributed by atoms with Crippen LogP contribution in [0.2, 0.25) is 0 Å². The first-order chi connectivity index (χ1) is 20.0. The van der Waals surface area contributed by atoms with Gasteiger partial charge in [0.05, 0.1) is 16.3 Å². The van der Waals surface area contributed by atoms with Crippen LogP contribution in [0.25, 0.3) is 0 Å². The molecule has 0 spiro atoms. The minimum absolute atomic E-state index is 0.0153. The Kier molecular flexibility index (Phi) is 8.53. The molecule has 1 unspecified atom stereocenters. The van der Waals surface area contributed by atoms with Crippen LogP contribution >= 0.6 is 11.6 Å². The van der Waals surface area contributed by atoms with Gasteiger partial charge in [-0.25, -0.2) is 12.8 Å². The molecule has 7 nitrogen and oxygen atoms in total. The maximum absolute atomic E-state index is 16.1. The van der Waals surface area contributed by atoms with Gasteiger partial charge in [0.2, 0.25) is 5.91 Å². The lowest BCUT2D eigenvalue weighted by Crippen LogP contribution is -2.41. The standard InChI is InChI=1S/C32H34ClFN2O5S/c1-32(2)18-25-31(42(39,40)20-32)30(23-15-14-22(17-24(23)34)41-19-21-9-4-3-5-10-21)36(28(38)13-6-7-16-33)26-11-8-12-27(37)29(26)35-25/h3-5,8-12,14-15,17,30,35,37H,6-7,13,16,18-20H2,1-2H3. The van der Waals surface area contributed by atoms with Gasteiger partial charge in [-0.15, -0.1) is 11.6 Å². The van der Waals surface area contributed by atoms with E-state index in [9.17, 15) is 18.3 Å². The number of sulfone groups is 1. The van der Waals surface area contributed by atoms with Crippen molar-refractivity contribution in [2.45, 2.75) is 52.2 Å². The van der Waals surface area contributed by atoms with Crippen molar-refractivity contribution in [3.8, 4) is 11.5 Å². The summed E-state index contributed by atoms with van der Waals surface area (Å²) in [4.78, 5) is 15.2. The number of benzene rings is 3. The molecule has 10 heteroatoms. The summed E-state index contributed by atoms with van der Waals surface area (Å²) >= 11 is 5.86. The van der Waals surface area contributed by atoms with Gasteiger partial charge in [-0.1, -0.05) is 50.2 Å². The van der Waals surface area contributed by atoms with Gasteiger partial charge in [0.1, 0.15) is 35.7 Å². The average molecular weight is 613 g/mol. The van der Waals surface area contributed by atoms with Crippen molar-refractivity contribution in [2.75, 3.05) is 21.8 Å². The number of carbonyl (C=O) groups excluding carboxylic acids is 1. The highest BCUT2D eigenvalue weighted by Crippen LogP contribution is 2.51. The first-order valence-corrected chi connectivity index (χ1v) is 16.1. The average Bonchev–Trinajstić information content (AvgIpc) is 3.07. The molecule has 2 heterocycles. The van der Waals surface area contributed by atoms with Crippen LogP contribution in [0, 0.1) is 11.2 Å². The molecule has 0 fully saturated rings. The highest BCUT2D eigenvalue weighted by molar-refractivity contribution is 7.95. The predicted octanol–water partition coefficient (Wildman–Crippen LogP) is 7.08. The smallest absolute Gasteiger partial charge is 0.227 e. The van der Waals surface area contributed by atoms with Gasteiger partial charge in [-0.2, -0.15) is 0 Å². The fourth-order valence-electron chi connectivity index (χ4n) is 5.71. The van der Waals surface area contributed by atoms with Crippen molar-refractivity contribution >= 4 is 38.7 Å². The van der Waals surface area contributed by atoms with Crippen molar-refractivity contribution in [1.82, 2.24) is 0 Å².